The molecule has 1 aromatic rings. The van der Waals surface area contributed by atoms with Crippen molar-refractivity contribution in [2.75, 3.05) is 11.4 Å². The molecule has 0 bridgehead atoms. The van der Waals surface area contributed by atoms with E-state index in [4.69, 9.17) is 0 Å². The number of fused-ring (bicyclic) bond motifs is 1. The highest BCUT2D eigenvalue weighted by Crippen LogP contribution is 2.33. The Morgan fingerprint density at radius 3 is 2.82 bits per heavy atom. The minimum absolute atomic E-state index is 0.294. The molecule has 17 heavy (non-hydrogen) atoms. The summed E-state index contributed by atoms with van der Waals surface area (Å²) >= 11 is 0. The van der Waals surface area contributed by atoms with Gasteiger partial charge in [0.1, 0.15) is 0 Å². The van der Waals surface area contributed by atoms with E-state index in [2.05, 4.69) is 25.1 Å². The molecule has 0 unspecified atom stereocenters. The van der Waals surface area contributed by atoms with Crippen LogP contribution in [0.15, 0.2) is 18.2 Å². The lowest BCUT2D eigenvalue weighted by molar-refractivity contribution is -0.122. The maximum absolute atomic E-state index is 12.4. The van der Waals surface area contributed by atoms with Gasteiger partial charge in [0.25, 0.3) is 0 Å². The van der Waals surface area contributed by atoms with Crippen molar-refractivity contribution >= 4 is 11.6 Å². The Balaban J connectivity index is 1.85. The summed E-state index contributed by atoms with van der Waals surface area (Å²) in [5.74, 6) is 0.660. The molecule has 0 spiro atoms. The third-order valence-electron chi connectivity index (χ3n) is 4.10. The van der Waals surface area contributed by atoms with Crippen molar-refractivity contribution in [1.29, 1.82) is 0 Å². The molecule has 1 amide bonds. The van der Waals surface area contributed by atoms with E-state index in [0.29, 0.717) is 11.8 Å². The summed E-state index contributed by atoms with van der Waals surface area (Å²) in [7, 11) is 0. The van der Waals surface area contributed by atoms with Crippen molar-refractivity contribution in [1.82, 2.24) is 0 Å². The Labute approximate surface area is 103 Å². The van der Waals surface area contributed by atoms with Crippen LogP contribution in [-0.4, -0.2) is 12.5 Å². The Kier molecular flexibility index (Phi) is 2.65. The molecule has 1 saturated carbocycles. The highest BCUT2D eigenvalue weighted by Gasteiger charge is 2.31. The minimum atomic E-state index is 0.294. The molecular weight excluding hydrogens is 210 g/mol. The highest BCUT2D eigenvalue weighted by atomic mass is 16.2. The molecule has 0 radical (unpaired) electrons. The number of aryl methyl sites for hydroxylation is 1. The van der Waals surface area contributed by atoms with Crippen LogP contribution in [0.5, 0.6) is 0 Å². The van der Waals surface area contributed by atoms with Gasteiger partial charge in [-0.05, 0) is 37.8 Å². The molecule has 0 saturated heterocycles. The van der Waals surface area contributed by atoms with Gasteiger partial charge in [-0.1, -0.05) is 30.5 Å². The van der Waals surface area contributed by atoms with E-state index in [1.54, 1.807) is 0 Å². The molecule has 1 aliphatic carbocycles. The first-order valence-electron chi connectivity index (χ1n) is 6.66. The van der Waals surface area contributed by atoms with Crippen molar-refractivity contribution in [3.8, 4) is 0 Å². The SMILES string of the molecule is Cc1ccc2c(c1)CCN2C(=O)C1CCCC1. The van der Waals surface area contributed by atoms with Crippen LogP contribution < -0.4 is 4.90 Å². The van der Waals surface area contributed by atoms with Gasteiger partial charge in [-0.15, -0.1) is 0 Å². The first-order chi connectivity index (χ1) is 8.25. The summed E-state index contributed by atoms with van der Waals surface area (Å²) in [5, 5.41) is 0. The number of hydrogen-bond donors (Lipinski definition) is 0. The van der Waals surface area contributed by atoms with Crippen molar-refractivity contribution in [3.63, 3.8) is 0 Å². The van der Waals surface area contributed by atoms with Crippen molar-refractivity contribution in [3.05, 3.63) is 29.3 Å². The predicted molar refractivity (Wildman–Crippen MR) is 69.2 cm³/mol. The van der Waals surface area contributed by atoms with Crippen LogP contribution in [0.2, 0.25) is 0 Å². The molecule has 3 rings (SSSR count). The fourth-order valence-electron chi connectivity index (χ4n) is 3.15. The van der Waals surface area contributed by atoms with Gasteiger partial charge in [0.05, 0.1) is 0 Å². The van der Waals surface area contributed by atoms with Gasteiger partial charge in [-0.3, -0.25) is 4.79 Å². The number of carbonyl (C=O) groups is 1. The summed E-state index contributed by atoms with van der Waals surface area (Å²) < 4.78 is 0. The Morgan fingerprint density at radius 1 is 1.29 bits per heavy atom. The molecule has 2 aliphatic rings. The van der Waals surface area contributed by atoms with Gasteiger partial charge in [0.15, 0.2) is 0 Å². The van der Waals surface area contributed by atoms with Crippen LogP contribution in [0.4, 0.5) is 5.69 Å². The quantitative estimate of drug-likeness (QED) is 0.724. The summed E-state index contributed by atoms with van der Waals surface area (Å²) in [4.78, 5) is 14.4. The van der Waals surface area contributed by atoms with Gasteiger partial charge in [-0.2, -0.15) is 0 Å². The van der Waals surface area contributed by atoms with Crippen LogP contribution in [0.3, 0.4) is 0 Å². The highest BCUT2D eigenvalue weighted by molar-refractivity contribution is 5.97. The maximum Gasteiger partial charge on any atom is 0.230 e. The molecule has 1 heterocycles. The largest absolute Gasteiger partial charge is 0.312 e. The maximum atomic E-state index is 12.4. The zero-order chi connectivity index (χ0) is 11.8. The summed E-state index contributed by atoms with van der Waals surface area (Å²) in [6.07, 6.45) is 5.67. The van der Waals surface area contributed by atoms with E-state index in [1.807, 2.05) is 4.90 Å². The number of carbonyl (C=O) groups excluding carboxylic acids is 1. The average Bonchev–Trinajstić information content (AvgIpc) is 2.96. The van der Waals surface area contributed by atoms with E-state index in [-0.39, 0.29) is 0 Å². The van der Waals surface area contributed by atoms with Gasteiger partial charge < -0.3 is 4.90 Å². The molecule has 1 fully saturated rings. The Morgan fingerprint density at radius 2 is 2.06 bits per heavy atom. The number of anilines is 1. The van der Waals surface area contributed by atoms with Crippen LogP contribution in [0, 0.1) is 12.8 Å². The van der Waals surface area contributed by atoms with E-state index in [0.717, 1.165) is 31.5 Å². The normalized spacial score (nSPS) is 19.7. The van der Waals surface area contributed by atoms with E-state index < -0.39 is 0 Å². The van der Waals surface area contributed by atoms with Gasteiger partial charge >= 0.3 is 0 Å². The van der Waals surface area contributed by atoms with Gasteiger partial charge in [0.2, 0.25) is 5.91 Å². The Bertz CT molecular complexity index is 446. The van der Waals surface area contributed by atoms with Gasteiger partial charge in [0, 0.05) is 18.2 Å². The zero-order valence-electron chi connectivity index (χ0n) is 10.4. The molecular formula is C15H19NO. The second-order valence-corrected chi connectivity index (χ2v) is 5.35. The lowest BCUT2D eigenvalue weighted by Gasteiger charge is -2.21. The molecule has 2 nitrogen and oxygen atoms in total. The van der Waals surface area contributed by atoms with Crippen molar-refractivity contribution < 1.29 is 4.79 Å². The fraction of sp³-hybridized carbons (Fsp3) is 0.533. The molecule has 0 aromatic heterocycles. The molecule has 90 valence electrons. The van der Waals surface area contributed by atoms with Gasteiger partial charge in [-0.25, -0.2) is 0 Å². The number of amides is 1. The standard InChI is InChI=1S/C15H19NO/c1-11-6-7-14-13(10-11)8-9-16(14)15(17)12-4-2-3-5-12/h6-7,10,12H,2-5,8-9H2,1H3. The first-order valence-corrected chi connectivity index (χ1v) is 6.66. The molecule has 0 N–H and O–H groups in total. The second-order valence-electron chi connectivity index (χ2n) is 5.35. The molecule has 2 heteroatoms. The molecule has 1 aliphatic heterocycles. The molecule has 0 atom stereocenters. The van der Waals surface area contributed by atoms with E-state index in [1.165, 1.54) is 24.0 Å². The van der Waals surface area contributed by atoms with Crippen molar-refractivity contribution in [2.24, 2.45) is 5.92 Å². The van der Waals surface area contributed by atoms with Crippen LogP contribution in [-0.2, 0) is 11.2 Å². The summed E-state index contributed by atoms with van der Waals surface area (Å²) in [5.41, 5.74) is 3.79. The zero-order valence-corrected chi connectivity index (χ0v) is 10.4. The lowest BCUT2D eigenvalue weighted by atomic mass is 10.1. The number of benzene rings is 1. The van der Waals surface area contributed by atoms with Crippen LogP contribution >= 0.6 is 0 Å². The number of hydrogen-bond acceptors (Lipinski definition) is 1. The number of rotatable bonds is 1. The van der Waals surface area contributed by atoms with Crippen LogP contribution in [0.25, 0.3) is 0 Å². The van der Waals surface area contributed by atoms with E-state index in [9.17, 15) is 4.79 Å². The topological polar surface area (TPSA) is 20.3 Å². The van der Waals surface area contributed by atoms with E-state index >= 15 is 0 Å². The summed E-state index contributed by atoms with van der Waals surface area (Å²) in [6, 6.07) is 6.45. The second kappa shape index (κ2) is 4.17. The third kappa shape index (κ3) is 1.86. The predicted octanol–water partition coefficient (Wildman–Crippen LogP) is 3.07. The third-order valence-corrected chi connectivity index (χ3v) is 4.10. The lowest BCUT2D eigenvalue weighted by Crippen LogP contribution is -2.33. The smallest absolute Gasteiger partial charge is 0.230 e. The molecule has 1 aromatic carbocycles. The Hall–Kier alpha value is -1.31. The minimum Gasteiger partial charge on any atom is -0.312 e. The monoisotopic (exact) mass is 229 g/mol. The van der Waals surface area contributed by atoms with Crippen molar-refractivity contribution in [2.45, 2.75) is 39.0 Å². The summed E-state index contributed by atoms with van der Waals surface area (Å²) in [6.45, 7) is 3.00. The number of nitrogens with zero attached hydrogens (tertiary/aromatic N) is 1. The fourth-order valence-corrected chi connectivity index (χ4v) is 3.15. The first kappa shape index (κ1) is 10.8. The van der Waals surface area contributed by atoms with Crippen LogP contribution in [0.1, 0.15) is 36.8 Å². The average molecular weight is 229 g/mol.